The molecule has 3 heteroatoms. The van der Waals surface area contributed by atoms with Crippen LogP contribution in [-0.2, 0) is 9.47 Å². The van der Waals surface area contributed by atoms with Crippen LogP contribution in [0.1, 0.15) is 26.7 Å². The first-order valence-corrected chi connectivity index (χ1v) is 6.15. The van der Waals surface area contributed by atoms with Crippen molar-refractivity contribution in [2.45, 2.75) is 26.7 Å². The first-order valence-electron chi connectivity index (χ1n) is 6.15. The van der Waals surface area contributed by atoms with Crippen molar-refractivity contribution < 1.29 is 9.47 Å². The van der Waals surface area contributed by atoms with E-state index < -0.39 is 0 Å². The molecule has 0 atom stereocenters. The van der Waals surface area contributed by atoms with Crippen molar-refractivity contribution in [1.82, 2.24) is 5.32 Å². The summed E-state index contributed by atoms with van der Waals surface area (Å²) < 4.78 is 10.8. The molecule has 0 radical (unpaired) electrons. The van der Waals surface area contributed by atoms with Gasteiger partial charge < -0.3 is 14.8 Å². The van der Waals surface area contributed by atoms with E-state index in [0.717, 1.165) is 38.9 Å². The number of hydrogen-bond donors (Lipinski definition) is 1. The Morgan fingerprint density at radius 2 is 1.87 bits per heavy atom. The number of ether oxygens (including phenoxy) is 2. The molecule has 0 unspecified atom stereocenters. The normalized spacial score (nSPS) is 16.2. The molecule has 0 aromatic heterocycles. The molecule has 3 nitrogen and oxygen atoms in total. The zero-order chi connectivity index (χ0) is 10.9. The maximum atomic E-state index is 5.43. The van der Waals surface area contributed by atoms with Crippen molar-refractivity contribution >= 4 is 0 Å². The van der Waals surface area contributed by atoms with E-state index >= 15 is 0 Å². The molecule has 0 amide bonds. The van der Waals surface area contributed by atoms with Gasteiger partial charge in [-0.05, 0) is 31.2 Å². The molecule has 0 heterocycles. The highest BCUT2D eigenvalue weighted by atomic mass is 16.5. The molecule has 90 valence electrons. The predicted molar refractivity (Wildman–Crippen MR) is 62.1 cm³/mol. The minimum Gasteiger partial charge on any atom is -0.379 e. The smallest absolute Gasteiger partial charge is 0.0701 e. The van der Waals surface area contributed by atoms with Crippen LogP contribution in [0.15, 0.2) is 0 Å². The van der Waals surface area contributed by atoms with Crippen LogP contribution >= 0.6 is 0 Å². The second-order valence-corrected chi connectivity index (χ2v) is 4.73. The van der Waals surface area contributed by atoms with Gasteiger partial charge in [0.25, 0.3) is 0 Å². The van der Waals surface area contributed by atoms with Crippen LogP contribution in [-0.4, -0.2) is 39.5 Å². The van der Waals surface area contributed by atoms with Gasteiger partial charge in [-0.25, -0.2) is 0 Å². The summed E-state index contributed by atoms with van der Waals surface area (Å²) in [5.74, 6) is 1.57. The molecule has 1 fully saturated rings. The lowest BCUT2D eigenvalue weighted by atomic mass is 10.2. The molecule has 0 bridgehead atoms. The Kier molecular flexibility index (Phi) is 6.98. The van der Waals surface area contributed by atoms with E-state index in [-0.39, 0.29) is 0 Å². The van der Waals surface area contributed by atoms with Gasteiger partial charge in [-0.1, -0.05) is 13.8 Å². The van der Waals surface area contributed by atoms with Crippen molar-refractivity contribution in [3.05, 3.63) is 0 Å². The largest absolute Gasteiger partial charge is 0.379 e. The SMILES string of the molecule is CC(C)COCCOCCNCC1CC1. The summed E-state index contributed by atoms with van der Waals surface area (Å²) in [7, 11) is 0. The van der Waals surface area contributed by atoms with Crippen molar-refractivity contribution in [2.75, 3.05) is 39.5 Å². The molecular weight excluding hydrogens is 190 g/mol. The Labute approximate surface area is 93.5 Å². The summed E-state index contributed by atoms with van der Waals surface area (Å²) in [6.07, 6.45) is 2.83. The molecule has 1 aliphatic carbocycles. The van der Waals surface area contributed by atoms with Crippen LogP contribution < -0.4 is 5.32 Å². The van der Waals surface area contributed by atoms with E-state index in [4.69, 9.17) is 9.47 Å². The summed E-state index contributed by atoms with van der Waals surface area (Å²) in [5, 5.41) is 3.39. The third-order valence-electron chi connectivity index (χ3n) is 2.38. The van der Waals surface area contributed by atoms with Crippen molar-refractivity contribution in [2.24, 2.45) is 11.8 Å². The second-order valence-electron chi connectivity index (χ2n) is 4.73. The molecule has 0 aromatic carbocycles. The lowest BCUT2D eigenvalue weighted by Gasteiger charge is -2.08. The molecule has 0 spiro atoms. The summed E-state index contributed by atoms with van der Waals surface area (Å²) in [4.78, 5) is 0. The van der Waals surface area contributed by atoms with Crippen LogP contribution in [0.5, 0.6) is 0 Å². The highest BCUT2D eigenvalue weighted by Crippen LogP contribution is 2.27. The quantitative estimate of drug-likeness (QED) is 0.562. The van der Waals surface area contributed by atoms with Gasteiger partial charge in [-0.15, -0.1) is 0 Å². The van der Waals surface area contributed by atoms with Crippen molar-refractivity contribution in [3.8, 4) is 0 Å². The van der Waals surface area contributed by atoms with E-state index in [1.165, 1.54) is 19.4 Å². The number of hydrogen-bond acceptors (Lipinski definition) is 3. The molecule has 1 aliphatic rings. The fraction of sp³-hybridized carbons (Fsp3) is 1.00. The zero-order valence-corrected chi connectivity index (χ0v) is 10.1. The van der Waals surface area contributed by atoms with Crippen LogP contribution in [0.3, 0.4) is 0 Å². The van der Waals surface area contributed by atoms with Gasteiger partial charge in [0.1, 0.15) is 0 Å². The van der Waals surface area contributed by atoms with E-state index in [1.807, 2.05) is 0 Å². The Morgan fingerprint density at radius 3 is 2.53 bits per heavy atom. The predicted octanol–water partition coefficient (Wildman–Crippen LogP) is 1.68. The standard InChI is InChI=1S/C12H25NO2/c1-11(2)10-15-8-7-14-6-5-13-9-12-3-4-12/h11-13H,3-10H2,1-2H3. The average molecular weight is 215 g/mol. The third kappa shape index (κ3) is 8.85. The topological polar surface area (TPSA) is 30.5 Å². The molecule has 0 saturated heterocycles. The van der Waals surface area contributed by atoms with Gasteiger partial charge in [0.15, 0.2) is 0 Å². The lowest BCUT2D eigenvalue weighted by Crippen LogP contribution is -2.22. The van der Waals surface area contributed by atoms with E-state index in [2.05, 4.69) is 19.2 Å². The number of nitrogens with one attached hydrogen (secondary N) is 1. The minimum atomic E-state index is 0.616. The van der Waals surface area contributed by atoms with Crippen molar-refractivity contribution in [3.63, 3.8) is 0 Å². The second kappa shape index (κ2) is 8.08. The highest BCUT2D eigenvalue weighted by molar-refractivity contribution is 4.74. The number of rotatable bonds is 10. The molecule has 0 aromatic rings. The molecule has 1 saturated carbocycles. The summed E-state index contributed by atoms with van der Waals surface area (Å²) in [6, 6.07) is 0. The Hall–Kier alpha value is -0.120. The summed E-state index contributed by atoms with van der Waals surface area (Å²) in [6.45, 7) is 9.54. The van der Waals surface area contributed by atoms with E-state index in [9.17, 15) is 0 Å². The van der Waals surface area contributed by atoms with Crippen molar-refractivity contribution in [1.29, 1.82) is 0 Å². The van der Waals surface area contributed by atoms with Crippen LogP contribution in [0, 0.1) is 11.8 Å². The zero-order valence-electron chi connectivity index (χ0n) is 10.1. The first-order chi connectivity index (χ1) is 7.29. The maximum absolute atomic E-state index is 5.43. The molecular formula is C12H25NO2. The molecule has 1 rings (SSSR count). The van der Waals surface area contributed by atoms with Gasteiger partial charge >= 0.3 is 0 Å². The van der Waals surface area contributed by atoms with Gasteiger partial charge in [-0.2, -0.15) is 0 Å². The Morgan fingerprint density at radius 1 is 1.13 bits per heavy atom. The fourth-order valence-electron chi connectivity index (χ4n) is 1.31. The van der Waals surface area contributed by atoms with Crippen LogP contribution in [0.2, 0.25) is 0 Å². The highest BCUT2D eigenvalue weighted by Gasteiger charge is 2.19. The minimum absolute atomic E-state index is 0.616. The lowest BCUT2D eigenvalue weighted by molar-refractivity contribution is 0.0387. The van der Waals surface area contributed by atoms with Gasteiger partial charge in [0, 0.05) is 13.2 Å². The summed E-state index contributed by atoms with van der Waals surface area (Å²) >= 11 is 0. The van der Waals surface area contributed by atoms with Crippen LogP contribution in [0.25, 0.3) is 0 Å². The maximum Gasteiger partial charge on any atom is 0.0701 e. The molecule has 1 N–H and O–H groups in total. The fourth-order valence-corrected chi connectivity index (χ4v) is 1.31. The van der Waals surface area contributed by atoms with Crippen LogP contribution in [0.4, 0.5) is 0 Å². The van der Waals surface area contributed by atoms with Gasteiger partial charge in [-0.3, -0.25) is 0 Å². The van der Waals surface area contributed by atoms with Gasteiger partial charge in [0.05, 0.1) is 19.8 Å². The average Bonchev–Trinajstić information content (AvgIpc) is 2.98. The molecule has 0 aliphatic heterocycles. The Bertz CT molecular complexity index is 139. The monoisotopic (exact) mass is 215 g/mol. The molecule has 15 heavy (non-hydrogen) atoms. The Balaban J connectivity index is 1.65. The van der Waals surface area contributed by atoms with Gasteiger partial charge in [0.2, 0.25) is 0 Å². The van der Waals surface area contributed by atoms with E-state index in [1.54, 1.807) is 0 Å². The summed E-state index contributed by atoms with van der Waals surface area (Å²) in [5.41, 5.74) is 0. The van der Waals surface area contributed by atoms with E-state index in [0.29, 0.717) is 5.92 Å². The first kappa shape index (κ1) is 12.9. The third-order valence-corrected chi connectivity index (χ3v) is 2.38.